The first-order valence-electron chi connectivity index (χ1n) is 9.27. The van der Waals surface area contributed by atoms with Crippen LogP contribution in [0.5, 0.6) is 5.75 Å². The Kier molecular flexibility index (Phi) is 8.19. The molecule has 0 amide bonds. The molecule has 0 radical (unpaired) electrons. The number of benzene rings is 1. The van der Waals surface area contributed by atoms with Gasteiger partial charge in [0.25, 0.3) is 0 Å². The summed E-state index contributed by atoms with van der Waals surface area (Å²) < 4.78 is 21.8. The third-order valence-corrected chi connectivity index (χ3v) is 6.97. The molecule has 152 valence electrons. The largest absolute Gasteiger partial charge is 0.489 e. The summed E-state index contributed by atoms with van der Waals surface area (Å²) in [6.45, 7) is 13.1. The molecular formula is C20H30Cl2N2O2S. The molecule has 27 heavy (non-hydrogen) atoms. The predicted molar refractivity (Wildman–Crippen MR) is 116 cm³/mol. The molecule has 1 aromatic carbocycles. The van der Waals surface area contributed by atoms with Crippen LogP contribution in [0.4, 0.5) is 0 Å². The maximum absolute atomic E-state index is 12.9. The molecule has 1 saturated heterocycles. The molecule has 0 spiro atoms. The molecule has 0 aromatic heterocycles. The number of piperidine rings is 1. The summed E-state index contributed by atoms with van der Waals surface area (Å²) in [6.07, 6.45) is 3.64. The van der Waals surface area contributed by atoms with Gasteiger partial charge in [-0.25, -0.2) is 8.93 Å². The normalized spacial score (nSPS) is 22.9. The zero-order chi connectivity index (χ0) is 20.2. The SMILES string of the molecule is C=CCOc1cc(Cl)c(Cl)cc1[C@H](N[S@@](=O)C(C)(C)C)C1CCNC(C)C1. The number of hydrogen-bond acceptors (Lipinski definition) is 3. The summed E-state index contributed by atoms with van der Waals surface area (Å²) in [7, 11) is -1.23. The summed E-state index contributed by atoms with van der Waals surface area (Å²) in [5.74, 6) is 0.953. The van der Waals surface area contributed by atoms with Crippen LogP contribution < -0.4 is 14.8 Å². The Bertz CT molecular complexity index is 691. The van der Waals surface area contributed by atoms with E-state index >= 15 is 0 Å². The molecule has 1 aliphatic rings. The fourth-order valence-electron chi connectivity index (χ4n) is 3.24. The molecule has 1 heterocycles. The standard InChI is InChI=1S/C20H30Cl2N2O2S/c1-6-9-26-18-12-17(22)16(21)11-15(18)19(24-27(25)20(3,4)5)14-7-8-23-13(2)10-14/h6,11-14,19,23-24H,1,7-10H2,2-5H3/t13?,14?,19-,27+/m1/s1. The Labute approximate surface area is 175 Å². The van der Waals surface area contributed by atoms with Crippen LogP contribution in [0.3, 0.4) is 0 Å². The van der Waals surface area contributed by atoms with E-state index in [1.165, 1.54) is 0 Å². The van der Waals surface area contributed by atoms with Crippen molar-refractivity contribution in [1.82, 2.24) is 10.0 Å². The highest BCUT2D eigenvalue weighted by atomic mass is 35.5. The maximum Gasteiger partial charge on any atom is 0.126 e. The number of nitrogens with one attached hydrogen (secondary N) is 2. The van der Waals surface area contributed by atoms with E-state index in [1.54, 1.807) is 12.1 Å². The zero-order valence-electron chi connectivity index (χ0n) is 16.5. The van der Waals surface area contributed by atoms with Crippen LogP contribution in [0.2, 0.25) is 10.0 Å². The molecule has 2 N–H and O–H groups in total. The van der Waals surface area contributed by atoms with E-state index < -0.39 is 11.0 Å². The van der Waals surface area contributed by atoms with E-state index in [4.69, 9.17) is 27.9 Å². The molecule has 4 atom stereocenters. The van der Waals surface area contributed by atoms with Gasteiger partial charge in [-0.2, -0.15) is 0 Å². The van der Waals surface area contributed by atoms with E-state index in [-0.39, 0.29) is 10.8 Å². The van der Waals surface area contributed by atoms with Gasteiger partial charge in [0.15, 0.2) is 0 Å². The molecule has 0 saturated carbocycles. The minimum absolute atomic E-state index is 0.149. The van der Waals surface area contributed by atoms with Crippen LogP contribution in [-0.4, -0.2) is 28.1 Å². The van der Waals surface area contributed by atoms with Crippen LogP contribution in [-0.2, 0) is 11.0 Å². The average molecular weight is 433 g/mol. The van der Waals surface area contributed by atoms with Gasteiger partial charge in [0.1, 0.15) is 12.4 Å². The maximum atomic E-state index is 12.9. The van der Waals surface area contributed by atoms with Crippen molar-refractivity contribution < 1.29 is 8.95 Å². The summed E-state index contributed by atoms with van der Waals surface area (Å²) >= 11 is 12.6. The quantitative estimate of drug-likeness (QED) is 0.593. The molecule has 2 unspecified atom stereocenters. The number of hydrogen-bond donors (Lipinski definition) is 2. The third kappa shape index (κ3) is 6.20. The van der Waals surface area contributed by atoms with Crippen molar-refractivity contribution in [2.24, 2.45) is 5.92 Å². The fraction of sp³-hybridized carbons (Fsp3) is 0.600. The van der Waals surface area contributed by atoms with Crippen LogP contribution in [0.1, 0.15) is 52.1 Å². The Morgan fingerprint density at radius 1 is 1.41 bits per heavy atom. The van der Waals surface area contributed by atoms with Crippen molar-refractivity contribution in [1.29, 1.82) is 0 Å². The van der Waals surface area contributed by atoms with Gasteiger partial charge in [0.05, 0.1) is 31.8 Å². The molecule has 0 bridgehead atoms. The molecule has 7 heteroatoms. The fourth-order valence-corrected chi connectivity index (χ4v) is 4.47. The second-order valence-electron chi connectivity index (χ2n) is 8.02. The Morgan fingerprint density at radius 3 is 2.67 bits per heavy atom. The van der Waals surface area contributed by atoms with Crippen LogP contribution in [0, 0.1) is 5.92 Å². The molecule has 1 aliphatic heterocycles. The van der Waals surface area contributed by atoms with Gasteiger partial charge in [-0.3, -0.25) is 0 Å². The summed E-state index contributed by atoms with van der Waals surface area (Å²) in [5, 5.41) is 4.38. The Hall–Kier alpha value is -0.590. The number of halogens is 2. The second-order valence-corrected chi connectivity index (χ2v) is 10.8. The monoisotopic (exact) mass is 432 g/mol. The minimum atomic E-state index is -1.23. The lowest BCUT2D eigenvalue weighted by molar-refractivity contribution is 0.260. The topological polar surface area (TPSA) is 50.4 Å². The van der Waals surface area contributed by atoms with E-state index in [2.05, 4.69) is 23.5 Å². The van der Waals surface area contributed by atoms with Crippen molar-refractivity contribution in [2.75, 3.05) is 13.2 Å². The predicted octanol–water partition coefficient (Wildman–Crippen LogP) is 5.04. The van der Waals surface area contributed by atoms with Gasteiger partial charge < -0.3 is 10.1 Å². The average Bonchev–Trinajstić information content (AvgIpc) is 2.59. The van der Waals surface area contributed by atoms with Gasteiger partial charge in [0, 0.05) is 17.7 Å². The van der Waals surface area contributed by atoms with Crippen molar-refractivity contribution in [3.63, 3.8) is 0 Å². The van der Waals surface area contributed by atoms with E-state index in [1.807, 2.05) is 26.8 Å². The van der Waals surface area contributed by atoms with E-state index in [0.29, 0.717) is 34.4 Å². The van der Waals surface area contributed by atoms with Crippen molar-refractivity contribution in [3.8, 4) is 5.75 Å². The summed E-state index contributed by atoms with van der Waals surface area (Å²) in [6, 6.07) is 3.83. The highest BCUT2D eigenvalue weighted by Crippen LogP contribution is 2.40. The Morgan fingerprint density at radius 2 is 2.07 bits per heavy atom. The molecular weight excluding hydrogens is 403 g/mol. The lowest BCUT2D eigenvalue weighted by Crippen LogP contribution is -2.44. The van der Waals surface area contributed by atoms with Crippen LogP contribution in [0.25, 0.3) is 0 Å². The molecule has 2 rings (SSSR count). The molecule has 4 nitrogen and oxygen atoms in total. The summed E-state index contributed by atoms with van der Waals surface area (Å²) in [5.41, 5.74) is 0.892. The molecule has 1 fully saturated rings. The number of rotatable bonds is 7. The minimum Gasteiger partial charge on any atom is -0.489 e. The van der Waals surface area contributed by atoms with Crippen molar-refractivity contribution in [2.45, 2.75) is 57.4 Å². The first kappa shape index (κ1) is 22.7. The van der Waals surface area contributed by atoms with Crippen molar-refractivity contribution in [3.05, 3.63) is 40.4 Å². The smallest absolute Gasteiger partial charge is 0.126 e. The van der Waals surface area contributed by atoms with E-state index in [9.17, 15) is 4.21 Å². The van der Waals surface area contributed by atoms with Crippen LogP contribution in [0.15, 0.2) is 24.8 Å². The van der Waals surface area contributed by atoms with Gasteiger partial charge in [-0.1, -0.05) is 35.9 Å². The Balaban J connectivity index is 2.46. The highest BCUT2D eigenvalue weighted by Gasteiger charge is 2.33. The third-order valence-electron chi connectivity index (χ3n) is 4.67. The van der Waals surface area contributed by atoms with Crippen molar-refractivity contribution >= 4 is 34.2 Å². The lowest BCUT2D eigenvalue weighted by Gasteiger charge is -2.36. The first-order valence-corrected chi connectivity index (χ1v) is 11.2. The summed E-state index contributed by atoms with van der Waals surface area (Å²) in [4.78, 5) is 0. The number of ether oxygens (including phenoxy) is 1. The van der Waals surface area contributed by atoms with Gasteiger partial charge in [-0.15, -0.1) is 0 Å². The van der Waals surface area contributed by atoms with Crippen LogP contribution >= 0.6 is 23.2 Å². The first-order chi connectivity index (χ1) is 12.6. The van der Waals surface area contributed by atoms with E-state index in [0.717, 1.165) is 24.9 Å². The van der Waals surface area contributed by atoms with Gasteiger partial charge in [0.2, 0.25) is 0 Å². The second kappa shape index (κ2) is 9.75. The highest BCUT2D eigenvalue weighted by molar-refractivity contribution is 7.84. The zero-order valence-corrected chi connectivity index (χ0v) is 18.8. The molecule has 1 aromatic rings. The molecule has 0 aliphatic carbocycles. The van der Waals surface area contributed by atoms with Gasteiger partial charge >= 0.3 is 0 Å². The van der Waals surface area contributed by atoms with Gasteiger partial charge in [-0.05, 0) is 59.1 Å². The lowest BCUT2D eigenvalue weighted by atomic mass is 9.83.